The van der Waals surface area contributed by atoms with E-state index in [-0.39, 0.29) is 0 Å². The monoisotopic (exact) mass is 212 g/mol. The summed E-state index contributed by atoms with van der Waals surface area (Å²) in [4.78, 5) is 2.67. The first kappa shape index (κ1) is 13.0. The fraction of sp³-hybridized carbons (Fsp3) is 1.00. The van der Waals surface area contributed by atoms with E-state index in [4.69, 9.17) is 0 Å². The van der Waals surface area contributed by atoms with Gasteiger partial charge < -0.3 is 5.32 Å². The normalized spacial score (nSPS) is 22.2. The minimum atomic E-state index is 0.811. The third kappa shape index (κ3) is 4.98. The quantitative estimate of drug-likeness (QED) is 0.653. The summed E-state index contributed by atoms with van der Waals surface area (Å²) in [7, 11) is 0. The van der Waals surface area contributed by atoms with Gasteiger partial charge in [0.2, 0.25) is 0 Å². The minimum Gasteiger partial charge on any atom is -0.315 e. The van der Waals surface area contributed by atoms with Crippen LogP contribution in [0, 0.1) is 0 Å². The molecule has 0 aromatic rings. The Morgan fingerprint density at radius 2 is 2.07 bits per heavy atom. The van der Waals surface area contributed by atoms with Gasteiger partial charge in [0.15, 0.2) is 0 Å². The zero-order valence-electron chi connectivity index (χ0n) is 10.6. The van der Waals surface area contributed by atoms with E-state index in [0.29, 0.717) is 0 Å². The molecule has 2 nitrogen and oxygen atoms in total. The number of hydrogen-bond acceptors (Lipinski definition) is 2. The van der Waals surface area contributed by atoms with Gasteiger partial charge in [0.25, 0.3) is 0 Å². The fourth-order valence-electron chi connectivity index (χ4n) is 2.49. The van der Waals surface area contributed by atoms with E-state index in [2.05, 4.69) is 24.1 Å². The van der Waals surface area contributed by atoms with E-state index in [1.807, 2.05) is 0 Å². The molecule has 1 atom stereocenters. The summed E-state index contributed by atoms with van der Waals surface area (Å²) < 4.78 is 0. The smallest absolute Gasteiger partial charge is 0.0220 e. The van der Waals surface area contributed by atoms with Crippen molar-refractivity contribution >= 4 is 0 Å². The van der Waals surface area contributed by atoms with Gasteiger partial charge in [0, 0.05) is 12.6 Å². The molecule has 0 saturated carbocycles. The second kappa shape index (κ2) is 8.12. The zero-order chi connectivity index (χ0) is 10.9. The average Bonchev–Trinajstić information content (AvgIpc) is 2.30. The van der Waals surface area contributed by atoms with Crippen LogP contribution in [0.15, 0.2) is 0 Å². The van der Waals surface area contributed by atoms with Crippen molar-refractivity contribution in [1.82, 2.24) is 10.2 Å². The maximum Gasteiger partial charge on any atom is 0.0220 e. The highest BCUT2D eigenvalue weighted by atomic mass is 15.2. The highest BCUT2D eigenvalue weighted by Gasteiger charge is 2.18. The lowest BCUT2D eigenvalue weighted by molar-refractivity contribution is 0.170. The number of unbranched alkanes of at least 4 members (excludes halogenated alkanes) is 3. The molecule has 2 heteroatoms. The van der Waals surface area contributed by atoms with Crippen molar-refractivity contribution in [2.75, 3.05) is 26.2 Å². The van der Waals surface area contributed by atoms with Crippen LogP contribution in [-0.2, 0) is 0 Å². The number of nitrogens with zero attached hydrogens (tertiary/aromatic N) is 1. The molecule has 0 aromatic heterocycles. The summed E-state index contributed by atoms with van der Waals surface area (Å²) in [5.74, 6) is 0. The van der Waals surface area contributed by atoms with Gasteiger partial charge in [0.05, 0.1) is 0 Å². The van der Waals surface area contributed by atoms with Crippen molar-refractivity contribution < 1.29 is 0 Å². The molecule has 1 unspecified atom stereocenters. The molecular weight excluding hydrogens is 184 g/mol. The first-order chi connectivity index (χ1) is 7.38. The van der Waals surface area contributed by atoms with E-state index in [0.717, 1.165) is 6.04 Å². The molecule has 1 saturated heterocycles. The molecule has 0 spiro atoms. The van der Waals surface area contributed by atoms with E-state index in [9.17, 15) is 0 Å². The van der Waals surface area contributed by atoms with Crippen molar-refractivity contribution in [3.8, 4) is 0 Å². The molecule has 1 fully saturated rings. The number of nitrogens with one attached hydrogen (secondary N) is 1. The second-order valence-electron chi connectivity index (χ2n) is 4.69. The van der Waals surface area contributed by atoms with Crippen LogP contribution in [0.5, 0.6) is 0 Å². The van der Waals surface area contributed by atoms with Crippen molar-refractivity contribution in [3.63, 3.8) is 0 Å². The Morgan fingerprint density at radius 1 is 1.20 bits per heavy atom. The molecule has 1 heterocycles. The van der Waals surface area contributed by atoms with Crippen molar-refractivity contribution in [2.45, 2.75) is 58.4 Å². The number of piperidine rings is 1. The Morgan fingerprint density at radius 3 is 2.67 bits per heavy atom. The van der Waals surface area contributed by atoms with Crippen LogP contribution >= 0.6 is 0 Å². The number of likely N-dealkylation sites (N-methyl/N-ethyl adjacent to an activating group) is 1. The van der Waals surface area contributed by atoms with E-state index < -0.39 is 0 Å². The lowest BCUT2D eigenvalue weighted by Gasteiger charge is -2.33. The van der Waals surface area contributed by atoms with E-state index in [1.54, 1.807) is 0 Å². The van der Waals surface area contributed by atoms with Gasteiger partial charge in [0.1, 0.15) is 0 Å². The summed E-state index contributed by atoms with van der Waals surface area (Å²) in [5.41, 5.74) is 0. The molecule has 90 valence electrons. The van der Waals surface area contributed by atoms with Crippen LogP contribution in [-0.4, -0.2) is 37.1 Å². The van der Waals surface area contributed by atoms with Crippen LogP contribution in [0.3, 0.4) is 0 Å². The summed E-state index contributed by atoms with van der Waals surface area (Å²) in [6, 6.07) is 0.811. The molecule has 1 rings (SSSR count). The molecule has 1 aliphatic heterocycles. The van der Waals surface area contributed by atoms with Crippen LogP contribution in [0.1, 0.15) is 52.4 Å². The molecule has 0 radical (unpaired) electrons. The Hall–Kier alpha value is -0.0800. The molecule has 1 aliphatic rings. The third-order valence-electron chi connectivity index (χ3n) is 3.49. The largest absolute Gasteiger partial charge is 0.315 e. The average molecular weight is 212 g/mol. The predicted octanol–water partition coefficient (Wildman–Crippen LogP) is 2.64. The second-order valence-corrected chi connectivity index (χ2v) is 4.69. The van der Waals surface area contributed by atoms with Gasteiger partial charge in [-0.15, -0.1) is 0 Å². The van der Waals surface area contributed by atoms with Gasteiger partial charge in [-0.25, -0.2) is 0 Å². The van der Waals surface area contributed by atoms with E-state index >= 15 is 0 Å². The van der Waals surface area contributed by atoms with Gasteiger partial charge in [-0.1, -0.05) is 33.1 Å². The molecule has 0 bridgehead atoms. The zero-order valence-corrected chi connectivity index (χ0v) is 10.6. The Balaban J connectivity index is 2.15. The van der Waals surface area contributed by atoms with Crippen molar-refractivity contribution in [1.29, 1.82) is 0 Å². The molecule has 0 amide bonds. The van der Waals surface area contributed by atoms with Crippen LogP contribution in [0.2, 0.25) is 0 Å². The molecular formula is C13H28N2. The van der Waals surface area contributed by atoms with Gasteiger partial charge in [-0.3, -0.25) is 4.90 Å². The first-order valence-electron chi connectivity index (χ1n) is 6.83. The highest BCUT2D eigenvalue weighted by Crippen LogP contribution is 2.11. The fourth-order valence-corrected chi connectivity index (χ4v) is 2.49. The van der Waals surface area contributed by atoms with Crippen molar-refractivity contribution in [3.05, 3.63) is 0 Å². The highest BCUT2D eigenvalue weighted by molar-refractivity contribution is 4.77. The maximum atomic E-state index is 3.51. The predicted molar refractivity (Wildman–Crippen MR) is 67.3 cm³/mol. The number of hydrogen-bond donors (Lipinski definition) is 1. The summed E-state index contributed by atoms with van der Waals surface area (Å²) in [6.07, 6.45) is 8.30. The third-order valence-corrected chi connectivity index (χ3v) is 3.49. The Bertz CT molecular complexity index is 141. The summed E-state index contributed by atoms with van der Waals surface area (Å²) >= 11 is 0. The van der Waals surface area contributed by atoms with E-state index in [1.165, 1.54) is 64.7 Å². The molecule has 0 aliphatic carbocycles. The van der Waals surface area contributed by atoms with Crippen LogP contribution in [0.4, 0.5) is 0 Å². The molecule has 0 aromatic carbocycles. The lowest BCUT2D eigenvalue weighted by Crippen LogP contribution is -2.46. The minimum absolute atomic E-state index is 0.811. The van der Waals surface area contributed by atoms with Gasteiger partial charge in [-0.05, 0) is 38.9 Å². The SMILES string of the molecule is CCCCCCN(CC)C1CCCNC1. The van der Waals surface area contributed by atoms with Gasteiger partial charge >= 0.3 is 0 Å². The Kier molecular flexibility index (Phi) is 7.03. The summed E-state index contributed by atoms with van der Waals surface area (Å²) in [5, 5.41) is 3.51. The summed E-state index contributed by atoms with van der Waals surface area (Å²) in [6.45, 7) is 9.55. The topological polar surface area (TPSA) is 15.3 Å². The maximum absolute atomic E-state index is 3.51. The van der Waals surface area contributed by atoms with Gasteiger partial charge in [-0.2, -0.15) is 0 Å². The molecule has 15 heavy (non-hydrogen) atoms. The Labute approximate surface area is 95.4 Å². The van der Waals surface area contributed by atoms with Crippen LogP contribution < -0.4 is 5.32 Å². The first-order valence-corrected chi connectivity index (χ1v) is 6.83. The van der Waals surface area contributed by atoms with Crippen molar-refractivity contribution in [2.24, 2.45) is 0 Å². The lowest BCUT2D eigenvalue weighted by atomic mass is 10.1. The molecule has 1 N–H and O–H groups in total. The standard InChI is InChI=1S/C13H28N2/c1-3-5-6-7-11-15(4-2)13-9-8-10-14-12-13/h13-14H,3-12H2,1-2H3. The number of rotatable bonds is 7. The van der Waals surface area contributed by atoms with Crippen LogP contribution in [0.25, 0.3) is 0 Å².